The molecule has 0 aromatic rings. The summed E-state index contributed by atoms with van der Waals surface area (Å²) in [6.07, 6.45) is 6.46. The molecule has 0 spiro atoms. The molecule has 0 atom stereocenters. The van der Waals surface area contributed by atoms with Gasteiger partial charge in [0.2, 0.25) is 5.91 Å². The van der Waals surface area contributed by atoms with Gasteiger partial charge in [0.15, 0.2) is 5.96 Å². The SMILES string of the molecule is CCNC(=NCC1(N2CCOCC2)CCCCC1)NCCN1CCN(C(C)=O)CC1.I. The fourth-order valence-electron chi connectivity index (χ4n) is 5.01. The molecule has 2 aliphatic heterocycles. The predicted octanol–water partition coefficient (Wildman–Crippen LogP) is 1.36. The van der Waals surface area contributed by atoms with E-state index in [0.717, 1.165) is 84.6 Å². The molecule has 2 saturated heterocycles. The highest BCUT2D eigenvalue weighted by atomic mass is 127. The van der Waals surface area contributed by atoms with Crippen LogP contribution in [-0.2, 0) is 9.53 Å². The van der Waals surface area contributed by atoms with Crippen LogP contribution in [0.4, 0.5) is 0 Å². The first kappa shape index (κ1) is 26.6. The molecule has 0 aromatic heterocycles. The van der Waals surface area contributed by atoms with Crippen LogP contribution < -0.4 is 10.6 Å². The minimum Gasteiger partial charge on any atom is -0.379 e. The summed E-state index contributed by atoms with van der Waals surface area (Å²) in [4.78, 5) is 23.5. The smallest absolute Gasteiger partial charge is 0.219 e. The molecular weight excluding hydrogens is 507 g/mol. The largest absolute Gasteiger partial charge is 0.379 e. The Bertz CT molecular complexity index is 556. The molecule has 3 fully saturated rings. The van der Waals surface area contributed by atoms with Gasteiger partial charge in [0.25, 0.3) is 0 Å². The summed E-state index contributed by atoms with van der Waals surface area (Å²) in [5, 5.41) is 6.96. The maximum absolute atomic E-state index is 11.5. The number of hydrogen-bond donors (Lipinski definition) is 2. The van der Waals surface area contributed by atoms with E-state index in [4.69, 9.17) is 9.73 Å². The van der Waals surface area contributed by atoms with Crippen LogP contribution in [-0.4, -0.2) is 111 Å². The van der Waals surface area contributed by atoms with Crippen LogP contribution in [0.15, 0.2) is 4.99 Å². The quantitative estimate of drug-likeness (QED) is 0.284. The van der Waals surface area contributed by atoms with Crippen molar-refractivity contribution in [3.05, 3.63) is 0 Å². The molecule has 180 valence electrons. The van der Waals surface area contributed by atoms with Crippen LogP contribution in [0, 0.1) is 0 Å². The third kappa shape index (κ3) is 8.01. The van der Waals surface area contributed by atoms with Gasteiger partial charge in [-0.3, -0.25) is 19.6 Å². The van der Waals surface area contributed by atoms with Gasteiger partial charge in [-0.25, -0.2) is 0 Å². The van der Waals surface area contributed by atoms with Crippen LogP contribution in [0.1, 0.15) is 46.0 Å². The topological polar surface area (TPSA) is 72.4 Å². The van der Waals surface area contributed by atoms with Crippen molar-refractivity contribution in [3.63, 3.8) is 0 Å². The number of aliphatic imine (C=N–C) groups is 1. The number of piperazine rings is 1. The van der Waals surface area contributed by atoms with Gasteiger partial charge in [0.1, 0.15) is 0 Å². The van der Waals surface area contributed by atoms with E-state index in [1.54, 1.807) is 6.92 Å². The fourth-order valence-corrected chi connectivity index (χ4v) is 5.01. The molecule has 2 N–H and O–H groups in total. The number of nitrogens with zero attached hydrogens (tertiary/aromatic N) is 4. The van der Waals surface area contributed by atoms with E-state index < -0.39 is 0 Å². The second kappa shape index (κ2) is 13.8. The maximum Gasteiger partial charge on any atom is 0.219 e. The Labute approximate surface area is 205 Å². The molecule has 0 radical (unpaired) electrons. The van der Waals surface area contributed by atoms with Gasteiger partial charge in [-0.1, -0.05) is 19.3 Å². The number of guanidine groups is 1. The highest BCUT2D eigenvalue weighted by Crippen LogP contribution is 2.34. The van der Waals surface area contributed by atoms with E-state index in [2.05, 4.69) is 27.4 Å². The van der Waals surface area contributed by atoms with E-state index in [9.17, 15) is 4.79 Å². The maximum atomic E-state index is 11.5. The number of halogens is 1. The summed E-state index contributed by atoms with van der Waals surface area (Å²) in [5.74, 6) is 1.12. The lowest BCUT2D eigenvalue weighted by Gasteiger charge is -2.47. The van der Waals surface area contributed by atoms with Gasteiger partial charge in [0, 0.05) is 71.4 Å². The zero-order chi connectivity index (χ0) is 21.2. The van der Waals surface area contributed by atoms with Crippen LogP contribution in [0.5, 0.6) is 0 Å². The summed E-state index contributed by atoms with van der Waals surface area (Å²) in [6.45, 7) is 14.7. The van der Waals surface area contributed by atoms with E-state index in [1.165, 1.54) is 32.1 Å². The van der Waals surface area contributed by atoms with Crippen molar-refractivity contribution < 1.29 is 9.53 Å². The number of nitrogens with one attached hydrogen (secondary N) is 2. The van der Waals surface area contributed by atoms with Crippen molar-refractivity contribution in [2.24, 2.45) is 4.99 Å². The lowest BCUT2D eigenvalue weighted by atomic mass is 9.80. The molecule has 3 rings (SSSR count). The highest BCUT2D eigenvalue weighted by Gasteiger charge is 2.38. The number of ether oxygens (including phenoxy) is 1. The van der Waals surface area contributed by atoms with Crippen molar-refractivity contribution >= 4 is 35.8 Å². The summed E-state index contributed by atoms with van der Waals surface area (Å²) in [6, 6.07) is 0. The highest BCUT2D eigenvalue weighted by molar-refractivity contribution is 14.0. The molecule has 0 aromatic carbocycles. The van der Waals surface area contributed by atoms with E-state index in [-0.39, 0.29) is 35.4 Å². The monoisotopic (exact) mass is 550 g/mol. The zero-order valence-electron chi connectivity index (χ0n) is 19.5. The Morgan fingerprint density at radius 3 is 2.29 bits per heavy atom. The van der Waals surface area contributed by atoms with Gasteiger partial charge < -0.3 is 20.3 Å². The number of morpholine rings is 1. The summed E-state index contributed by atoms with van der Waals surface area (Å²) < 4.78 is 5.60. The molecule has 0 unspecified atom stereocenters. The number of amides is 1. The molecule has 3 aliphatic rings. The summed E-state index contributed by atoms with van der Waals surface area (Å²) in [5.41, 5.74) is 0.202. The summed E-state index contributed by atoms with van der Waals surface area (Å²) in [7, 11) is 0. The van der Waals surface area contributed by atoms with Crippen molar-refractivity contribution in [2.45, 2.75) is 51.5 Å². The number of rotatable bonds is 7. The first-order valence-corrected chi connectivity index (χ1v) is 12.0. The molecule has 1 aliphatic carbocycles. The molecule has 0 bridgehead atoms. The van der Waals surface area contributed by atoms with Crippen LogP contribution in [0.2, 0.25) is 0 Å². The molecule has 1 amide bonds. The Balaban J connectivity index is 0.00000341. The Morgan fingerprint density at radius 1 is 1.00 bits per heavy atom. The second-order valence-electron chi connectivity index (χ2n) is 8.85. The molecule has 8 nitrogen and oxygen atoms in total. The molecule has 31 heavy (non-hydrogen) atoms. The number of carbonyl (C=O) groups is 1. The van der Waals surface area contributed by atoms with Crippen molar-refractivity contribution in [3.8, 4) is 0 Å². The van der Waals surface area contributed by atoms with E-state index in [0.29, 0.717) is 0 Å². The van der Waals surface area contributed by atoms with E-state index in [1.807, 2.05) is 4.90 Å². The third-order valence-electron chi connectivity index (χ3n) is 6.88. The normalized spacial score (nSPS) is 23.2. The van der Waals surface area contributed by atoms with Crippen molar-refractivity contribution in [1.29, 1.82) is 0 Å². The van der Waals surface area contributed by atoms with Gasteiger partial charge >= 0.3 is 0 Å². The van der Waals surface area contributed by atoms with Crippen molar-refractivity contribution in [2.75, 3.05) is 78.7 Å². The number of hydrogen-bond acceptors (Lipinski definition) is 5. The van der Waals surface area contributed by atoms with Gasteiger partial charge in [-0.05, 0) is 19.8 Å². The average molecular weight is 551 g/mol. The predicted molar refractivity (Wildman–Crippen MR) is 136 cm³/mol. The molecule has 1 saturated carbocycles. The third-order valence-corrected chi connectivity index (χ3v) is 6.88. The van der Waals surface area contributed by atoms with Gasteiger partial charge in [-0.2, -0.15) is 0 Å². The Hall–Kier alpha value is -0.650. The first-order chi connectivity index (χ1) is 14.6. The first-order valence-electron chi connectivity index (χ1n) is 12.0. The molecule has 9 heteroatoms. The summed E-state index contributed by atoms with van der Waals surface area (Å²) >= 11 is 0. The van der Waals surface area contributed by atoms with Crippen LogP contribution in [0.25, 0.3) is 0 Å². The fraction of sp³-hybridized carbons (Fsp3) is 0.909. The zero-order valence-corrected chi connectivity index (χ0v) is 21.9. The standard InChI is InChI=1S/C22H42N6O2.HI/c1-3-23-21(24-9-10-26-11-13-27(14-12-26)20(2)29)25-19-22(7-5-4-6-8-22)28-15-17-30-18-16-28;/h3-19H2,1-2H3,(H2,23,24,25);1H. The lowest BCUT2D eigenvalue weighted by molar-refractivity contribution is -0.130. The molecular formula is C22H43IN6O2. The van der Waals surface area contributed by atoms with Crippen molar-refractivity contribution in [1.82, 2.24) is 25.3 Å². The van der Waals surface area contributed by atoms with E-state index >= 15 is 0 Å². The minimum atomic E-state index is 0. The van der Waals surface area contributed by atoms with Gasteiger partial charge in [-0.15, -0.1) is 24.0 Å². The average Bonchev–Trinajstić information content (AvgIpc) is 2.79. The minimum absolute atomic E-state index is 0. The van der Waals surface area contributed by atoms with Gasteiger partial charge in [0.05, 0.1) is 19.8 Å². The Morgan fingerprint density at radius 2 is 1.68 bits per heavy atom. The second-order valence-corrected chi connectivity index (χ2v) is 8.85. The van der Waals surface area contributed by atoms with Crippen LogP contribution >= 0.6 is 24.0 Å². The molecule has 2 heterocycles. The Kier molecular flexibility index (Phi) is 11.8. The lowest BCUT2D eigenvalue weighted by Crippen LogP contribution is -2.56. The van der Waals surface area contributed by atoms with Crippen LogP contribution in [0.3, 0.4) is 0 Å². The number of carbonyl (C=O) groups excluding carboxylic acids is 1.